The molecule has 0 atom stereocenters. The smallest absolute Gasteiger partial charge is 0.490 e. The van der Waals surface area contributed by atoms with Crippen molar-refractivity contribution < 1.29 is 32.9 Å². The summed E-state index contributed by atoms with van der Waals surface area (Å²) in [5, 5.41) is 25.2. The second-order valence-corrected chi connectivity index (χ2v) is 4.51. The first kappa shape index (κ1) is 19.2. The first-order valence-electron chi connectivity index (χ1n) is 6.57. The van der Waals surface area contributed by atoms with Crippen molar-refractivity contribution in [1.82, 2.24) is 0 Å². The van der Waals surface area contributed by atoms with Crippen molar-refractivity contribution in [3.8, 4) is 5.75 Å². The molecule has 6 nitrogen and oxygen atoms in total. The second-order valence-electron chi connectivity index (χ2n) is 4.51. The highest BCUT2D eigenvalue weighted by molar-refractivity contribution is 5.99. The van der Waals surface area contributed by atoms with E-state index in [1.165, 1.54) is 0 Å². The second kappa shape index (κ2) is 8.16. The number of hydrogen-bond donors (Lipinski definition) is 4. The van der Waals surface area contributed by atoms with E-state index < -0.39 is 12.1 Å². The number of nitrogens with two attached hydrogens (primary N) is 1. The molecule has 0 aliphatic carbocycles. The highest BCUT2D eigenvalue weighted by Gasteiger charge is 2.38. The first-order chi connectivity index (χ1) is 11.1. The zero-order valence-electron chi connectivity index (χ0n) is 12.3. The Kier molecular flexibility index (Phi) is 6.54. The fourth-order valence-electron chi connectivity index (χ4n) is 1.65. The molecule has 0 aromatic heterocycles. The van der Waals surface area contributed by atoms with E-state index in [0.717, 1.165) is 10.8 Å². The number of nitrogens with one attached hydrogen (secondary N) is 1. The Morgan fingerprint density at radius 2 is 1.75 bits per heavy atom. The standard InChI is InChI=1S/C13H14N2O2.C2HF3O2/c14-13(15)10-2-1-9-3-4-12(17-6-5-16)8-11(9)7-10;3-2(4,5)1(6)7/h1-4,7-8,16H,5-6H2,(H3,14,15);(H,6,7). The van der Waals surface area contributed by atoms with Crippen LogP contribution in [0.25, 0.3) is 10.8 Å². The van der Waals surface area contributed by atoms with Gasteiger partial charge in [-0.05, 0) is 29.0 Å². The van der Waals surface area contributed by atoms with E-state index in [4.69, 9.17) is 30.9 Å². The van der Waals surface area contributed by atoms with Gasteiger partial charge in [-0.3, -0.25) is 5.41 Å². The van der Waals surface area contributed by atoms with E-state index in [9.17, 15) is 13.2 Å². The van der Waals surface area contributed by atoms with Crippen molar-refractivity contribution in [3.05, 3.63) is 42.0 Å². The highest BCUT2D eigenvalue weighted by Crippen LogP contribution is 2.22. The van der Waals surface area contributed by atoms with Crippen LogP contribution in [-0.4, -0.2) is 41.4 Å². The number of nitrogen functional groups attached to an aromatic ring is 1. The summed E-state index contributed by atoms with van der Waals surface area (Å²) in [6.07, 6.45) is -5.08. The number of rotatable bonds is 4. The number of ether oxygens (including phenoxy) is 1. The fourth-order valence-corrected chi connectivity index (χ4v) is 1.65. The maximum Gasteiger partial charge on any atom is 0.490 e. The summed E-state index contributed by atoms with van der Waals surface area (Å²) in [5.74, 6) is -2.01. The van der Waals surface area contributed by atoms with Crippen molar-refractivity contribution in [2.75, 3.05) is 13.2 Å². The van der Waals surface area contributed by atoms with Gasteiger partial charge in [0, 0.05) is 5.56 Å². The lowest BCUT2D eigenvalue weighted by Gasteiger charge is -2.06. The van der Waals surface area contributed by atoms with E-state index in [1.807, 2.05) is 36.4 Å². The molecule has 2 aromatic rings. The maximum atomic E-state index is 10.6. The van der Waals surface area contributed by atoms with Crippen LogP contribution in [0.2, 0.25) is 0 Å². The van der Waals surface area contributed by atoms with Crippen molar-refractivity contribution in [1.29, 1.82) is 5.41 Å². The van der Waals surface area contributed by atoms with Gasteiger partial charge in [-0.25, -0.2) is 4.79 Å². The SMILES string of the molecule is N=C(N)c1ccc2ccc(OCCO)cc2c1.O=C(O)C(F)(F)F. The Morgan fingerprint density at radius 3 is 2.25 bits per heavy atom. The number of carboxylic acids is 1. The molecule has 2 aromatic carbocycles. The summed E-state index contributed by atoms with van der Waals surface area (Å²) in [4.78, 5) is 8.90. The number of hydrogen-bond acceptors (Lipinski definition) is 4. The summed E-state index contributed by atoms with van der Waals surface area (Å²) >= 11 is 0. The van der Waals surface area contributed by atoms with Crippen LogP contribution in [0.3, 0.4) is 0 Å². The van der Waals surface area contributed by atoms with Crippen LogP contribution < -0.4 is 10.5 Å². The van der Waals surface area contributed by atoms with Gasteiger partial charge in [-0.2, -0.15) is 13.2 Å². The number of aliphatic hydroxyl groups excluding tert-OH is 1. The van der Waals surface area contributed by atoms with Crippen LogP contribution >= 0.6 is 0 Å². The Labute approximate surface area is 134 Å². The van der Waals surface area contributed by atoms with Crippen LogP contribution in [0, 0.1) is 5.41 Å². The van der Waals surface area contributed by atoms with Crippen LogP contribution in [0.4, 0.5) is 13.2 Å². The van der Waals surface area contributed by atoms with Gasteiger partial charge in [0.05, 0.1) is 6.61 Å². The largest absolute Gasteiger partial charge is 0.491 e. The normalized spacial score (nSPS) is 10.7. The lowest BCUT2D eigenvalue weighted by Crippen LogP contribution is -2.21. The van der Waals surface area contributed by atoms with Gasteiger partial charge >= 0.3 is 12.1 Å². The number of fused-ring (bicyclic) bond motifs is 1. The molecule has 0 fully saturated rings. The molecule has 5 N–H and O–H groups in total. The number of amidine groups is 1. The van der Waals surface area contributed by atoms with Crippen LogP contribution in [-0.2, 0) is 4.79 Å². The highest BCUT2D eigenvalue weighted by atomic mass is 19.4. The summed E-state index contributed by atoms with van der Waals surface area (Å²) in [5.41, 5.74) is 6.13. The average molecular weight is 344 g/mol. The van der Waals surface area contributed by atoms with Gasteiger partial charge in [-0.15, -0.1) is 0 Å². The van der Waals surface area contributed by atoms with Crippen molar-refractivity contribution in [2.24, 2.45) is 5.73 Å². The minimum absolute atomic E-state index is 0.00841. The predicted molar refractivity (Wildman–Crippen MR) is 81.2 cm³/mol. The van der Waals surface area contributed by atoms with E-state index in [2.05, 4.69) is 0 Å². The van der Waals surface area contributed by atoms with Crippen LogP contribution in [0.15, 0.2) is 36.4 Å². The van der Waals surface area contributed by atoms with Crippen LogP contribution in [0.5, 0.6) is 5.75 Å². The van der Waals surface area contributed by atoms with Crippen molar-refractivity contribution >= 4 is 22.6 Å². The molecule has 0 aliphatic rings. The summed E-state index contributed by atoms with van der Waals surface area (Å²) in [6, 6.07) is 11.2. The monoisotopic (exact) mass is 344 g/mol. The van der Waals surface area contributed by atoms with E-state index in [1.54, 1.807) is 0 Å². The topological polar surface area (TPSA) is 117 Å². The van der Waals surface area contributed by atoms with Gasteiger partial charge in [0.25, 0.3) is 0 Å². The van der Waals surface area contributed by atoms with E-state index in [-0.39, 0.29) is 19.0 Å². The summed E-state index contributed by atoms with van der Waals surface area (Å²) < 4.78 is 37.1. The minimum Gasteiger partial charge on any atom is -0.491 e. The molecule has 2 rings (SSSR count). The predicted octanol–water partition coefficient (Wildman–Crippen LogP) is 2.13. The molecule has 0 radical (unpaired) electrons. The summed E-state index contributed by atoms with van der Waals surface area (Å²) in [7, 11) is 0. The van der Waals surface area contributed by atoms with Gasteiger partial charge in [0.1, 0.15) is 18.2 Å². The quantitative estimate of drug-likeness (QED) is 0.501. The Balaban J connectivity index is 0.000000351. The average Bonchev–Trinajstić information content (AvgIpc) is 2.51. The lowest BCUT2D eigenvalue weighted by atomic mass is 10.1. The van der Waals surface area contributed by atoms with Crippen LogP contribution in [0.1, 0.15) is 5.56 Å². The molecular weight excluding hydrogens is 329 g/mol. The molecule has 130 valence electrons. The lowest BCUT2D eigenvalue weighted by molar-refractivity contribution is -0.192. The molecule has 0 spiro atoms. The number of alkyl halides is 3. The van der Waals surface area contributed by atoms with Gasteiger partial charge in [0.2, 0.25) is 0 Å². The third-order valence-electron chi connectivity index (χ3n) is 2.73. The third kappa shape index (κ3) is 5.76. The molecule has 0 saturated carbocycles. The number of aliphatic hydroxyl groups is 1. The molecule has 0 aliphatic heterocycles. The molecule has 24 heavy (non-hydrogen) atoms. The molecule has 9 heteroatoms. The van der Waals surface area contributed by atoms with Crippen molar-refractivity contribution in [2.45, 2.75) is 6.18 Å². The maximum absolute atomic E-state index is 10.6. The number of halogens is 3. The van der Waals surface area contributed by atoms with Gasteiger partial charge in [0.15, 0.2) is 0 Å². The van der Waals surface area contributed by atoms with E-state index >= 15 is 0 Å². The molecule has 0 bridgehead atoms. The third-order valence-corrected chi connectivity index (χ3v) is 2.73. The molecule has 0 unspecified atom stereocenters. The number of benzene rings is 2. The van der Waals surface area contributed by atoms with E-state index in [0.29, 0.717) is 11.3 Å². The molecular formula is C15H15F3N2O4. The van der Waals surface area contributed by atoms with Gasteiger partial charge < -0.3 is 20.7 Å². The fraction of sp³-hybridized carbons (Fsp3) is 0.200. The Bertz CT molecular complexity index is 732. The Morgan fingerprint density at radius 1 is 1.17 bits per heavy atom. The number of carboxylic acid groups (broad SMARTS) is 1. The number of aliphatic carboxylic acids is 1. The molecule has 0 heterocycles. The minimum atomic E-state index is -5.08. The zero-order valence-corrected chi connectivity index (χ0v) is 12.3. The Hall–Kier alpha value is -2.81. The van der Waals surface area contributed by atoms with Crippen molar-refractivity contribution in [3.63, 3.8) is 0 Å². The zero-order chi connectivity index (χ0) is 18.3. The number of carbonyl (C=O) groups is 1. The molecule has 0 amide bonds. The molecule has 0 saturated heterocycles. The first-order valence-corrected chi connectivity index (χ1v) is 6.57. The van der Waals surface area contributed by atoms with Gasteiger partial charge in [-0.1, -0.05) is 18.2 Å². The summed E-state index contributed by atoms with van der Waals surface area (Å²) in [6.45, 7) is 0.267.